The molecule has 0 aliphatic carbocycles. The van der Waals surface area contributed by atoms with Crippen molar-refractivity contribution in [3.05, 3.63) is 77.0 Å². The molecule has 1 aliphatic rings. The second-order valence-corrected chi connectivity index (χ2v) is 8.02. The van der Waals surface area contributed by atoms with Crippen LogP contribution in [-0.4, -0.2) is 47.0 Å². The van der Waals surface area contributed by atoms with Gasteiger partial charge in [0.2, 0.25) is 5.95 Å². The number of nitrogens with one attached hydrogen (secondary N) is 1. The molecule has 4 rings (SSSR count). The minimum atomic E-state index is 0.0918. The van der Waals surface area contributed by atoms with Crippen molar-refractivity contribution < 1.29 is 4.79 Å². The van der Waals surface area contributed by atoms with Gasteiger partial charge in [-0.2, -0.15) is 4.98 Å². The van der Waals surface area contributed by atoms with Crippen LogP contribution in [0, 0.1) is 13.8 Å². The van der Waals surface area contributed by atoms with Crippen molar-refractivity contribution in [1.82, 2.24) is 14.9 Å². The van der Waals surface area contributed by atoms with E-state index in [9.17, 15) is 4.79 Å². The molecule has 1 aromatic heterocycles. The molecule has 2 heterocycles. The van der Waals surface area contributed by atoms with Gasteiger partial charge in [-0.25, -0.2) is 4.98 Å². The molecule has 1 N–H and O–H groups in total. The molecule has 0 atom stereocenters. The third-order valence-corrected chi connectivity index (χ3v) is 5.63. The van der Waals surface area contributed by atoms with Gasteiger partial charge in [-0.1, -0.05) is 36.8 Å². The first kappa shape index (κ1) is 20.8. The molecule has 0 unspecified atom stereocenters. The minimum Gasteiger partial charge on any atom is -0.340 e. The minimum absolute atomic E-state index is 0.0918. The fourth-order valence-corrected chi connectivity index (χ4v) is 3.72. The Morgan fingerprint density at radius 1 is 0.935 bits per heavy atom. The number of nitrogens with zero attached hydrogens (tertiary/aromatic N) is 4. The van der Waals surface area contributed by atoms with Crippen molar-refractivity contribution in [3.8, 4) is 0 Å². The van der Waals surface area contributed by atoms with E-state index in [0.29, 0.717) is 32.1 Å². The fourth-order valence-electron chi connectivity index (χ4n) is 3.72. The summed E-state index contributed by atoms with van der Waals surface area (Å²) in [5.74, 6) is 1.57. The van der Waals surface area contributed by atoms with Gasteiger partial charge in [0.25, 0.3) is 5.91 Å². The lowest BCUT2D eigenvalue weighted by Crippen LogP contribution is -2.49. The number of aromatic nitrogens is 2. The number of benzene rings is 2. The first-order valence-corrected chi connectivity index (χ1v) is 10.8. The number of aryl methyl sites for hydroxylation is 3. The largest absolute Gasteiger partial charge is 0.340 e. The van der Waals surface area contributed by atoms with E-state index >= 15 is 0 Å². The van der Waals surface area contributed by atoms with E-state index in [0.717, 1.165) is 29.2 Å². The van der Waals surface area contributed by atoms with Gasteiger partial charge in [0.1, 0.15) is 5.82 Å². The van der Waals surface area contributed by atoms with Crippen LogP contribution >= 0.6 is 0 Å². The van der Waals surface area contributed by atoms with Crippen molar-refractivity contribution in [2.45, 2.75) is 27.2 Å². The predicted octanol–water partition coefficient (Wildman–Crippen LogP) is 4.36. The molecular formula is C25H29N5O. The van der Waals surface area contributed by atoms with Crippen LogP contribution in [0.1, 0.15) is 34.1 Å². The molecule has 0 spiro atoms. The highest BCUT2D eigenvalue weighted by Gasteiger charge is 2.24. The summed E-state index contributed by atoms with van der Waals surface area (Å²) in [7, 11) is 0. The Hall–Kier alpha value is -3.41. The Bertz CT molecular complexity index is 1040. The smallest absolute Gasteiger partial charge is 0.253 e. The highest BCUT2D eigenvalue weighted by atomic mass is 16.2. The molecule has 31 heavy (non-hydrogen) atoms. The third kappa shape index (κ3) is 5.02. The SMILES string of the molecule is CCc1ccc(C(=O)N2CCN(c3nc(C)cc(Nc4ccc(C)cc4)n3)CC2)cc1. The van der Waals surface area contributed by atoms with Gasteiger partial charge in [-0.05, 0) is 50.1 Å². The fraction of sp³-hybridized carbons (Fsp3) is 0.320. The van der Waals surface area contributed by atoms with Gasteiger partial charge in [0, 0.05) is 49.2 Å². The molecule has 0 radical (unpaired) electrons. The molecule has 3 aromatic rings. The number of hydrogen-bond donors (Lipinski definition) is 1. The second-order valence-electron chi connectivity index (χ2n) is 8.02. The Morgan fingerprint density at radius 3 is 2.26 bits per heavy atom. The van der Waals surface area contributed by atoms with Gasteiger partial charge >= 0.3 is 0 Å². The van der Waals surface area contributed by atoms with E-state index in [2.05, 4.69) is 41.2 Å². The molecule has 2 aromatic carbocycles. The second kappa shape index (κ2) is 9.16. The molecule has 1 amide bonds. The molecule has 6 heteroatoms. The lowest BCUT2D eigenvalue weighted by atomic mass is 10.1. The maximum atomic E-state index is 12.8. The number of carbonyl (C=O) groups excluding carboxylic acids is 1. The van der Waals surface area contributed by atoms with E-state index in [1.54, 1.807) is 0 Å². The number of carbonyl (C=O) groups is 1. The summed E-state index contributed by atoms with van der Waals surface area (Å²) in [6.45, 7) is 8.91. The van der Waals surface area contributed by atoms with Crippen LogP contribution in [0.2, 0.25) is 0 Å². The summed E-state index contributed by atoms with van der Waals surface area (Å²) < 4.78 is 0. The normalized spacial score (nSPS) is 13.9. The Balaban J connectivity index is 1.41. The molecule has 1 fully saturated rings. The van der Waals surface area contributed by atoms with Crippen LogP contribution in [0.5, 0.6) is 0 Å². The molecule has 0 saturated carbocycles. The van der Waals surface area contributed by atoms with Crippen molar-refractivity contribution in [1.29, 1.82) is 0 Å². The van der Waals surface area contributed by atoms with Crippen LogP contribution in [0.4, 0.5) is 17.5 Å². The molecule has 6 nitrogen and oxygen atoms in total. The first-order chi connectivity index (χ1) is 15.0. The Morgan fingerprint density at radius 2 is 1.61 bits per heavy atom. The first-order valence-electron chi connectivity index (χ1n) is 10.8. The maximum Gasteiger partial charge on any atom is 0.253 e. The molecular weight excluding hydrogens is 386 g/mol. The lowest BCUT2D eigenvalue weighted by molar-refractivity contribution is 0.0746. The summed E-state index contributed by atoms with van der Waals surface area (Å²) in [6, 6.07) is 18.1. The van der Waals surface area contributed by atoms with E-state index in [-0.39, 0.29) is 5.91 Å². The Labute approximate surface area is 183 Å². The van der Waals surface area contributed by atoms with E-state index in [4.69, 9.17) is 4.98 Å². The summed E-state index contributed by atoms with van der Waals surface area (Å²) in [5.41, 5.74) is 5.13. The van der Waals surface area contributed by atoms with Gasteiger partial charge in [0.15, 0.2) is 0 Å². The Kier molecular flexibility index (Phi) is 6.16. The molecule has 1 aliphatic heterocycles. The maximum absolute atomic E-state index is 12.8. The monoisotopic (exact) mass is 415 g/mol. The average molecular weight is 416 g/mol. The van der Waals surface area contributed by atoms with Crippen molar-refractivity contribution in [2.24, 2.45) is 0 Å². The van der Waals surface area contributed by atoms with Crippen LogP contribution in [0.25, 0.3) is 0 Å². The standard InChI is InChI=1S/C25H29N5O/c1-4-20-7-9-21(10-8-20)24(31)29-13-15-30(16-14-29)25-26-19(3)17-23(28-25)27-22-11-5-18(2)6-12-22/h5-12,17H,4,13-16H2,1-3H3,(H,26,27,28). The average Bonchev–Trinajstić information content (AvgIpc) is 2.80. The highest BCUT2D eigenvalue weighted by Crippen LogP contribution is 2.20. The van der Waals surface area contributed by atoms with Crippen LogP contribution in [0.15, 0.2) is 54.6 Å². The third-order valence-electron chi connectivity index (χ3n) is 5.63. The molecule has 1 saturated heterocycles. The number of rotatable bonds is 5. The molecule has 160 valence electrons. The van der Waals surface area contributed by atoms with Crippen molar-refractivity contribution >= 4 is 23.4 Å². The van der Waals surface area contributed by atoms with Gasteiger partial charge in [-0.3, -0.25) is 4.79 Å². The van der Waals surface area contributed by atoms with Crippen LogP contribution < -0.4 is 10.2 Å². The summed E-state index contributed by atoms with van der Waals surface area (Å²) in [4.78, 5) is 26.3. The van der Waals surface area contributed by atoms with Gasteiger partial charge in [-0.15, -0.1) is 0 Å². The lowest BCUT2D eigenvalue weighted by Gasteiger charge is -2.35. The number of hydrogen-bond acceptors (Lipinski definition) is 5. The van der Waals surface area contributed by atoms with Gasteiger partial charge < -0.3 is 15.1 Å². The summed E-state index contributed by atoms with van der Waals surface area (Å²) >= 11 is 0. The number of piperazine rings is 1. The highest BCUT2D eigenvalue weighted by molar-refractivity contribution is 5.94. The quantitative estimate of drug-likeness (QED) is 0.671. The predicted molar refractivity (Wildman–Crippen MR) is 125 cm³/mol. The van der Waals surface area contributed by atoms with Gasteiger partial charge in [0.05, 0.1) is 0 Å². The summed E-state index contributed by atoms with van der Waals surface area (Å²) in [5, 5.41) is 3.37. The van der Waals surface area contributed by atoms with E-state index in [1.165, 1.54) is 11.1 Å². The zero-order valence-electron chi connectivity index (χ0n) is 18.4. The van der Waals surface area contributed by atoms with Crippen LogP contribution in [0.3, 0.4) is 0 Å². The zero-order chi connectivity index (χ0) is 21.8. The van der Waals surface area contributed by atoms with Crippen molar-refractivity contribution in [3.63, 3.8) is 0 Å². The zero-order valence-corrected chi connectivity index (χ0v) is 18.4. The number of anilines is 3. The summed E-state index contributed by atoms with van der Waals surface area (Å²) in [6.07, 6.45) is 0.977. The topological polar surface area (TPSA) is 61.4 Å². The van der Waals surface area contributed by atoms with Crippen molar-refractivity contribution in [2.75, 3.05) is 36.4 Å². The van der Waals surface area contributed by atoms with E-state index < -0.39 is 0 Å². The van der Waals surface area contributed by atoms with E-state index in [1.807, 2.05) is 54.3 Å². The van der Waals surface area contributed by atoms with Crippen LogP contribution in [-0.2, 0) is 6.42 Å². The molecule has 0 bridgehead atoms. The number of amides is 1.